The zero-order chi connectivity index (χ0) is 61.2. The van der Waals surface area contributed by atoms with E-state index in [2.05, 4.69) is 43.5 Å². The van der Waals surface area contributed by atoms with Gasteiger partial charge in [-0.3, -0.25) is 4.79 Å². The van der Waals surface area contributed by atoms with Crippen LogP contribution < -0.4 is 5.32 Å². The molecule has 0 aromatic carbocycles. The topological polar surface area (TPSA) is 69.6 Å². The number of nitrogens with one attached hydrogen (secondary N) is 1. The molecule has 2 unspecified atom stereocenters. The van der Waals surface area contributed by atoms with Crippen molar-refractivity contribution in [2.75, 3.05) is 6.61 Å². The van der Waals surface area contributed by atoms with Crippen LogP contribution in [-0.2, 0) is 4.79 Å². The summed E-state index contributed by atoms with van der Waals surface area (Å²) in [5.41, 5.74) is 0. The molecule has 0 bridgehead atoms. The molecule has 0 radical (unpaired) electrons. The number of carbonyl (C=O) groups excluding carboxylic acids is 1. The molecule has 0 aliphatic heterocycles. The van der Waals surface area contributed by atoms with Crippen LogP contribution in [0.5, 0.6) is 0 Å². The first kappa shape index (κ1) is 83.6. The summed E-state index contributed by atoms with van der Waals surface area (Å²) in [6, 6.07) is -0.646. The second kappa shape index (κ2) is 76.9. The summed E-state index contributed by atoms with van der Waals surface area (Å²) >= 11 is 0. The zero-order valence-electron chi connectivity index (χ0n) is 58.4. The quantitative estimate of drug-likeness (QED) is 0.0420. The summed E-state index contributed by atoms with van der Waals surface area (Å²) in [5, 5.41) is 23.3. The Labute approximate surface area is 535 Å². The van der Waals surface area contributed by atoms with E-state index in [1.165, 1.54) is 398 Å². The average molecular weight is 1190 g/mol. The number of hydrogen-bond donors (Lipinski definition) is 3. The minimum Gasteiger partial charge on any atom is -0.394 e. The molecular weight excluding hydrogens is 1030 g/mol. The van der Waals surface area contributed by atoms with Crippen LogP contribution in [0.15, 0.2) is 36.5 Å². The van der Waals surface area contributed by atoms with Crippen molar-refractivity contribution in [1.29, 1.82) is 0 Å². The van der Waals surface area contributed by atoms with Gasteiger partial charge in [-0.25, -0.2) is 0 Å². The molecule has 0 saturated carbocycles. The van der Waals surface area contributed by atoms with Crippen LogP contribution in [0.4, 0.5) is 0 Å². The summed E-state index contributed by atoms with van der Waals surface area (Å²) in [6.45, 7) is 4.35. The van der Waals surface area contributed by atoms with E-state index in [1.54, 1.807) is 6.08 Å². The molecule has 0 aliphatic rings. The van der Waals surface area contributed by atoms with E-state index in [1.807, 2.05) is 6.08 Å². The Kier molecular flexibility index (Phi) is 75.6. The number of carbonyl (C=O) groups is 1. The van der Waals surface area contributed by atoms with Crippen molar-refractivity contribution in [2.45, 2.75) is 469 Å². The van der Waals surface area contributed by atoms with Crippen molar-refractivity contribution in [3.8, 4) is 0 Å². The zero-order valence-corrected chi connectivity index (χ0v) is 58.4. The molecule has 2 atom stereocenters. The lowest BCUT2D eigenvalue weighted by Gasteiger charge is -2.19. The monoisotopic (exact) mass is 1190 g/mol. The minimum atomic E-state index is -0.871. The molecule has 0 spiro atoms. The van der Waals surface area contributed by atoms with Crippen LogP contribution in [-0.4, -0.2) is 34.9 Å². The molecule has 0 rings (SSSR count). The highest BCUT2D eigenvalue weighted by molar-refractivity contribution is 5.76. The van der Waals surface area contributed by atoms with Crippen molar-refractivity contribution in [3.63, 3.8) is 0 Å². The number of allylic oxidation sites excluding steroid dienone is 5. The maximum atomic E-state index is 12.6. The molecule has 504 valence electrons. The highest BCUT2D eigenvalue weighted by Gasteiger charge is 2.18. The molecule has 4 heteroatoms. The van der Waals surface area contributed by atoms with E-state index in [9.17, 15) is 15.0 Å². The van der Waals surface area contributed by atoms with Gasteiger partial charge < -0.3 is 15.5 Å². The summed E-state index contributed by atoms with van der Waals surface area (Å²) < 4.78 is 0. The second-order valence-electron chi connectivity index (χ2n) is 27.5. The smallest absolute Gasteiger partial charge is 0.220 e. The molecule has 0 aromatic rings. The van der Waals surface area contributed by atoms with Crippen LogP contribution in [0.1, 0.15) is 457 Å². The van der Waals surface area contributed by atoms with Gasteiger partial charge in [0.1, 0.15) is 0 Å². The van der Waals surface area contributed by atoms with E-state index < -0.39 is 12.1 Å². The van der Waals surface area contributed by atoms with Crippen LogP contribution in [0.2, 0.25) is 0 Å². The summed E-state index contributed by atoms with van der Waals surface area (Å²) in [6.07, 6.45) is 107. The summed E-state index contributed by atoms with van der Waals surface area (Å²) in [4.78, 5) is 12.6. The van der Waals surface area contributed by atoms with Gasteiger partial charge in [0.2, 0.25) is 5.91 Å². The Balaban J connectivity index is 3.41. The number of unbranched alkanes of at least 4 members (excludes halogenated alkanes) is 64. The highest BCUT2D eigenvalue weighted by Crippen LogP contribution is 2.20. The molecular formula is C81H157NO3. The third-order valence-corrected chi connectivity index (χ3v) is 18.9. The highest BCUT2D eigenvalue weighted by atomic mass is 16.3. The van der Waals surface area contributed by atoms with Crippen molar-refractivity contribution < 1.29 is 15.0 Å². The first-order valence-electron chi connectivity index (χ1n) is 39.7. The summed E-state index contributed by atoms with van der Waals surface area (Å²) in [7, 11) is 0. The van der Waals surface area contributed by atoms with Gasteiger partial charge in [0.25, 0.3) is 0 Å². The Bertz CT molecular complexity index is 1310. The number of aliphatic hydroxyl groups excluding tert-OH is 2. The van der Waals surface area contributed by atoms with Gasteiger partial charge in [-0.15, -0.1) is 0 Å². The van der Waals surface area contributed by atoms with Gasteiger partial charge in [0.05, 0.1) is 18.8 Å². The second-order valence-corrected chi connectivity index (χ2v) is 27.5. The van der Waals surface area contributed by atoms with Crippen LogP contribution in [0.25, 0.3) is 0 Å². The van der Waals surface area contributed by atoms with E-state index >= 15 is 0 Å². The fraction of sp³-hybridized carbons (Fsp3) is 0.914. The molecule has 4 nitrogen and oxygen atoms in total. The lowest BCUT2D eigenvalue weighted by molar-refractivity contribution is -0.123. The van der Waals surface area contributed by atoms with Crippen molar-refractivity contribution >= 4 is 5.91 Å². The lowest BCUT2D eigenvalue weighted by atomic mass is 10.0. The van der Waals surface area contributed by atoms with Crippen molar-refractivity contribution in [2.24, 2.45) is 0 Å². The fourth-order valence-electron chi connectivity index (χ4n) is 12.9. The van der Waals surface area contributed by atoms with Gasteiger partial charge >= 0.3 is 0 Å². The fourth-order valence-corrected chi connectivity index (χ4v) is 12.9. The molecule has 0 heterocycles. The molecule has 0 aliphatic carbocycles. The van der Waals surface area contributed by atoms with Gasteiger partial charge in [-0.05, 0) is 44.9 Å². The largest absolute Gasteiger partial charge is 0.394 e. The van der Waals surface area contributed by atoms with Crippen LogP contribution >= 0.6 is 0 Å². The molecule has 1 amide bonds. The molecule has 0 saturated heterocycles. The number of hydrogen-bond acceptors (Lipinski definition) is 3. The minimum absolute atomic E-state index is 0.0682. The Hall–Kier alpha value is -1.39. The van der Waals surface area contributed by atoms with Gasteiger partial charge in [0, 0.05) is 6.42 Å². The average Bonchev–Trinajstić information content (AvgIpc) is 3.52. The van der Waals surface area contributed by atoms with E-state index in [4.69, 9.17) is 0 Å². The first-order chi connectivity index (χ1) is 42.2. The maximum absolute atomic E-state index is 12.6. The van der Waals surface area contributed by atoms with E-state index in [0.29, 0.717) is 6.42 Å². The first-order valence-corrected chi connectivity index (χ1v) is 39.7. The van der Waals surface area contributed by atoms with Gasteiger partial charge in [-0.1, -0.05) is 442 Å². The van der Waals surface area contributed by atoms with Crippen LogP contribution in [0.3, 0.4) is 0 Å². The van der Waals surface area contributed by atoms with Gasteiger partial charge in [-0.2, -0.15) is 0 Å². The maximum Gasteiger partial charge on any atom is 0.220 e. The molecule has 0 fully saturated rings. The number of aliphatic hydroxyl groups is 2. The van der Waals surface area contributed by atoms with Crippen molar-refractivity contribution in [1.82, 2.24) is 5.32 Å². The summed E-state index contributed by atoms with van der Waals surface area (Å²) in [5.74, 6) is -0.0682. The lowest BCUT2D eigenvalue weighted by Crippen LogP contribution is -2.45. The van der Waals surface area contributed by atoms with E-state index in [0.717, 1.165) is 38.5 Å². The Morgan fingerprint density at radius 3 is 0.682 bits per heavy atom. The van der Waals surface area contributed by atoms with Gasteiger partial charge in [0.15, 0.2) is 0 Å². The molecule has 85 heavy (non-hydrogen) atoms. The Morgan fingerprint density at radius 1 is 0.271 bits per heavy atom. The third-order valence-electron chi connectivity index (χ3n) is 18.9. The normalized spacial score (nSPS) is 12.8. The van der Waals surface area contributed by atoms with E-state index in [-0.39, 0.29) is 12.5 Å². The third kappa shape index (κ3) is 73.2. The number of amides is 1. The van der Waals surface area contributed by atoms with Crippen molar-refractivity contribution in [3.05, 3.63) is 36.5 Å². The predicted octanol–water partition coefficient (Wildman–Crippen LogP) is 27.4. The standard InChI is InChI=1S/C81H157NO3/c1-3-5-7-9-11-13-15-17-19-21-23-25-27-29-31-33-35-37-38-39-40-41-42-43-45-47-49-51-53-55-57-59-61-63-65-67-69-71-73-75-77-81(85)82-79(78-83)80(84)76-74-72-70-68-66-64-62-60-58-56-54-52-50-48-46-44-36-34-32-30-28-26-24-22-20-18-16-14-12-10-8-6-4-2/h58,60,66,68,74,76,79-80,83-84H,3-57,59,61-65,67,69-73,75,77-78H2,1-2H3,(H,82,85)/b60-58+,68-66+,76-74+. The predicted molar refractivity (Wildman–Crippen MR) is 382 cm³/mol. The molecule has 0 aromatic heterocycles. The SMILES string of the molecule is CCCCCCCCCCCCCCCCCCCCCCCCC/C=C/CC/C=C/CC/C=C/C(O)C(CO)NC(=O)CCCCCCCCCCCCCCCCCCCCCCCCCCCCCCCCCCCCCCCCCC. The van der Waals surface area contributed by atoms with Crippen LogP contribution in [0, 0.1) is 0 Å². The Morgan fingerprint density at radius 2 is 0.459 bits per heavy atom. The molecule has 3 N–H and O–H groups in total. The number of rotatable bonds is 75.